The highest BCUT2D eigenvalue weighted by atomic mass is 35.5. The number of anilines is 2. The number of halogens is 1. The minimum Gasteiger partial charge on any atom is -0.374 e. The van der Waals surface area contributed by atoms with Crippen LogP contribution in [0.4, 0.5) is 11.4 Å². The van der Waals surface area contributed by atoms with Crippen LogP contribution in [0.5, 0.6) is 0 Å². The molecule has 3 aliphatic rings. The van der Waals surface area contributed by atoms with Gasteiger partial charge in [-0.3, -0.25) is 19.3 Å². The molecule has 9 heteroatoms. The van der Waals surface area contributed by atoms with Crippen molar-refractivity contribution in [2.24, 2.45) is 0 Å². The molecule has 3 amide bonds. The Hall–Kier alpha value is -2.58. The normalized spacial score (nSPS) is 19.3. The van der Waals surface area contributed by atoms with Crippen LogP contribution < -0.4 is 10.6 Å². The number of benzene rings is 1. The van der Waals surface area contributed by atoms with E-state index in [2.05, 4.69) is 22.1 Å². The fourth-order valence-corrected chi connectivity index (χ4v) is 4.67. The molecule has 0 bridgehead atoms. The minimum atomic E-state index is -0.185. The molecule has 1 aliphatic carbocycles. The zero-order valence-corrected chi connectivity index (χ0v) is 19.2. The van der Waals surface area contributed by atoms with Gasteiger partial charge in [0.05, 0.1) is 17.9 Å². The molecule has 1 saturated carbocycles. The van der Waals surface area contributed by atoms with Crippen LogP contribution in [0.3, 0.4) is 0 Å². The van der Waals surface area contributed by atoms with Crippen LogP contribution in [0.25, 0.3) is 0 Å². The van der Waals surface area contributed by atoms with Crippen molar-refractivity contribution in [3.8, 4) is 0 Å². The third kappa shape index (κ3) is 5.07. The quantitative estimate of drug-likeness (QED) is 0.610. The van der Waals surface area contributed by atoms with Crippen molar-refractivity contribution in [3.63, 3.8) is 0 Å². The van der Waals surface area contributed by atoms with Gasteiger partial charge < -0.3 is 20.4 Å². The largest absolute Gasteiger partial charge is 0.374 e. The van der Waals surface area contributed by atoms with E-state index in [1.165, 1.54) is 13.0 Å². The minimum absolute atomic E-state index is 0.0215. The lowest BCUT2D eigenvalue weighted by Crippen LogP contribution is -2.64. The average Bonchev–Trinajstić information content (AvgIpc) is 3.57. The summed E-state index contributed by atoms with van der Waals surface area (Å²) < 4.78 is 0. The maximum atomic E-state index is 12.8. The maximum Gasteiger partial charge on any atom is 0.246 e. The van der Waals surface area contributed by atoms with Gasteiger partial charge in [-0.2, -0.15) is 0 Å². The number of carbonyl (C=O) groups excluding carboxylic acids is 3. The highest BCUT2D eigenvalue weighted by Gasteiger charge is 2.35. The number of nitrogens with one attached hydrogen (secondary N) is 2. The summed E-state index contributed by atoms with van der Waals surface area (Å²) in [4.78, 5) is 42.0. The number of carbonyl (C=O) groups is 3. The molecule has 1 aromatic rings. The first-order valence-electron chi connectivity index (χ1n) is 11.1. The second kappa shape index (κ2) is 9.50. The highest BCUT2D eigenvalue weighted by molar-refractivity contribution is 6.32. The Morgan fingerprint density at radius 2 is 1.78 bits per heavy atom. The van der Waals surface area contributed by atoms with E-state index in [0.717, 1.165) is 50.3 Å². The molecule has 0 radical (unpaired) electrons. The van der Waals surface area contributed by atoms with Crippen LogP contribution >= 0.6 is 11.6 Å². The molecule has 4 rings (SSSR count). The topological polar surface area (TPSA) is 85.0 Å². The van der Waals surface area contributed by atoms with Gasteiger partial charge in [-0.1, -0.05) is 18.2 Å². The first-order chi connectivity index (χ1) is 15.4. The van der Waals surface area contributed by atoms with Crippen molar-refractivity contribution in [3.05, 3.63) is 35.4 Å². The Labute approximate surface area is 193 Å². The Morgan fingerprint density at radius 3 is 2.38 bits per heavy atom. The molecule has 32 heavy (non-hydrogen) atoms. The number of likely N-dealkylation sites (tertiary alicyclic amines) is 1. The van der Waals surface area contributed by atoms with E-state index in [-0.39, 0.29) is 24.3 Å². The predicted molar refractivity (Wildman–Crippen MR) is 125 cm³/mol. The summed E-state index contributed by atoms with van der Waals surface area (Å²) in [5.41, 5.74) is 2.38. The molecule has 1 aromatic carbocycles. The summed E-state index contributed by atoms with van der Waals surface area (Å²) in [6.45, 7) is 9.53. The van der Waals surface area contributed by atoms with Crippen molar-refractivity contribution in [1.82, 2.24) is 14.7 Å². The van der Waals surface area contributed by atoms with Gasteiger partial charge in [-0.15, -0.1) is 0 Å². The summed E-state index contributed by atoms with van der Waals surface area (Å²) in [5, 5.41) is 6.66. The van der Waals surface area contributed by atoms with Crippen molar-refractivity contribution >= 4 is 40.7 Å². The number of hydrogen-bond acceptors (Lipinski definition) is 5. The monoisotopic (exact) mass is 459 g/mol. The summed E-state index contributed by atoms with van der Waals surface area (Å²) in [7, 11) is 0. The van der Waals surface area contributed by atoms with Crippen LogP contribution in [0.15, 0.2) is 24.8 Å². The zero-order chi connectivity index (χ0) is 22.8. The molecular weight excluding hydrogens is 430 g/mol. The first-order valence-corrected chi connectivity index (χ1v) is 11.5. The molecule has 0 aromatic heterocycles. The molecule has 2 heterocycles. The number of hydrogen-bond donors (Lipinski definition) is 2. The highest BCUT2D eigenvalue weighted by Crippen LogP contribution is 2.45. The van der Waals surface area contributed by atoms with Gasteiger partial charge in [-0.05, 0) is 42.5 Å². The van der Waals surface area contributed by atoms with Crippen LogP contribution in [-0.2, 0) is 14.4 Å². The third-order valence-corrected chi connectivity index (χ3v) is 6.75. The number of nitrogens with zero attached hydrogens (tertiary/aromatic N) is 3. The SMILES string of the molecule is C=CC(=O)N1CC(N2CCN(C(=O)CNc3cc(C4CC4)c(Cl)cc3NC(C)=O)CC2)C1. The molecule has 3 fully saturated rings. The Morgan fingerprint density at radius 1 is 1.09 bits per heavy atom. The van der Waals surface area contributed by atoms with Crippen molar-refractivity contribution < 1.29 is 14.4 Å². The second-order valence-electron chi connectivity index (χ2n) is 8.75. The van der Waals surface area contributed by atoms with Crippen LogP contribution in [-0.4, -0.2) is 84.3 Å². The molecule has 2 saturated heterocycles. The lowest BCUT2D eigenvalue weighted by atomic mass is 10.1. The first kappa shape index (κ1) is 22.6. The van der Waals surface area contributed by atoms with Gasteiger partial charge in [0.2, 0.25) is 17.7 Å². The molecule has 8 nitrogen and oxygen atoms in total. The fraction of sp³-hybridized carbons (Fsp3) is 0.522. The lowest BCUT2D eigenvalue weighted by Gasteiger charge is -2.47. The summed E-state index contributed by atoms with van der Waals surface area (Å²) in [5.74, 6) is 0.280. The van der Waals surface area contributed by atoms with Gasteiger partial charge in [0.15, 0.2) is 0 Å². The summed E-state index contributed by atoms with van der Waals surface area (Å²) in [6, 6.07) is 4.09. The molecule has 0 unspecified atom stereocenters. The molecule has 2 N–H and O–H groups in total. The van der Waals surface area contributed by atoms with Crippen molar-refractivity contribution in [2.45, 2.75) is 31.7 Å². The average molecular weight is 460 g/mol. The number of rotatable bonds is 7. The van der Waals surface area contributed by atoms with Gasteiger partial charge >= 0.3 is 0 Å². The van der Waals surface area contributed by atoms with Gasteiger partial charge in [-0.25, -0.2) is 0 Å². The van der Waals surface area contributed by atoms with E-state index >= 15 is 0 Å². The van der Waals surface area contributed by atoms with Gasteiger partial charge in [0.25, 0.3) is 0 Å². The van der Waals surface area contributed by atoms with E-state index in [0.29, 0.717) is 35.8 Å². The van der Waals surface area contributed by atoms with Crippen LogP contribution in [0.2, 0.25) is 5.02 Å². The molecule has 172 valence electrons. The third-order valence-electron chi connectivity index (χ3n) is 6.43. The van der Waals surface area contributed by atoms with Crippen LogP contribution in [0.1, 0.15) is 31.2 Å². The second-order valence-corrected chi connectivity index (χ2v) is 9.15. The Bertz CT molecular complexity index is 918. The predicted octanol–water partition coefficient (Wildman–Crippen LogP) is 2.13. The van der Waals surface area contributed by atoms with Crippen molar-refractivity contribution in [2.75, 3.05) is 56.4 Å². The lowest BCUT2D eigenvalue weighted by molar-refractivity contribution is -0.135. The summed E-state index contributed by atoms with van der Waals surface area (Å²) in [6.07, 6.45) is 3.58. The summed E-state index contributed by atoms with van der Waals surface area (Å²) >= 11 is 6.41. The molecule has 0 atom stereocenters. The van der Waals surface area contributed by atoms with E-state index in [9.17, 15) is 14.4 Å². The molecular formula is C23H30ClN5O3. The molecule has 2 aliphatic heterocycles. The van der Waals surface area contributed by atoms with E-state index in [1.54, 1.807) is 11.0 Å². The zero-order valence-electron chi connectivity index (χ0n) is 18.4. The number of amides is 3. The fourth-order valence-electron chi connectivity index (χ4n) is 4.35. The Kier molecular flexibility index (Phi) is 6.71. The maximum absolute atomic E-state index is 12.8. The van der Waals surface area contributed by atoms with Gasteiger partial charge in [0.1, 0.15) is 0 Å². The molecule has 0 spiro atoms. The van der Waals surface area contributed by atoms with E-state index in [4.69, 9.17) is 11.6 Å². The Balaban J connectivity index is 1.30. The van der Waals surface area contributed by atoms with E-state index < -0.39 is 0 Å². The van der Waals surface area contributed by atoms with Crippen molar-refractivity contribution in [1.29, 1.82) is 0 Å². The van der Waals surface area contributed by atoms with Gasteiger partial charge in [0, 0.05) is 57.3 Å². The smallest absolute Gasteiger partial charge is 0.246 e. The van der Waals surface area contributed by atoms with E-state index in [1.807, 2.05) is 11.0 Å². The standard InChI is InChI=1S/C23H30ClN5O3/c1-3-22(31)29-13-17(14-29)27-6-8-28(9-7-27)23(32)12-25-20-10-18(16-4-5-16)19(24)11-21(20)26-15(2)30/h3,10-11,16-17,25H,1,4-9,12-14H2,2H3,(H,26,30). The number of piperazine rings is 1. The van der Waals surface area contributed by atoms with Crippen LogP contribution in [0, 0.1) is 0 Å².